The average molecular weight is 318 g/mol. The molecule has 0 atom stereocenters. The van der Waals surface area contributed by atoms with Crippen molar-refractivity contribution in [3.63, 3.8) is 0 Å². The molecule has 0 aliphatic carbocycles. The number of pyridine rings is 1. The van der Waals surface area contributed by atoms with Crippen molar-refractivity contribution in [1.82, 2.24) is 4.98 Å². The molecule has 2 aromatic rings. The summed E-state index contributed by atoms with van der Waals surface area (Å²) in [5, 5.41) is 0.669. The van der Waals surface area contributed by atoms with Crippen molar-refractivity contribution in [2.75, 3.05) is 6.61 Å². The van der Waals surface area contributed by atoms with E-state index in [9.17, 15) is 9.59 Å². The minimum Gasteiger partial charge on any atom is -0.462 e. The van der Waals surface area contributed by atoms with Gasteiger partial charge in [-0.1, -0.05) is 36.4 Å². The molecule has 0 radical (unpaired) electrons. The Balaban J connectivity index is 1.82. The highest BCUT2D eigenvalue weighted by atomic mass is 35.5. The third kappa shape index (κ3) is 4.60. The average Bonchev–Trinajstić information content (AvgIpc) is 2.51. The van der Waals surface area contributed by atoms with Crippen LogP contribution < -0.4 is 5.56 Å². The van der Waals surface area contributed by atoms with Gasteiger partial charge in [-0.25, -0.2) is 4.79 Å². The monoisotopic (exact) mass is 317 g/mol. The highest BCUT2D eigenvalue weighted by Crippen LogP contribution is 2.10. The molecule has 0 fully saturated rings. The first-order valence-corrected chi connectivity index (χ1v) is 7.20. The molecule has 0 spiro atoms. The minimum atomic E-state index is -0.489. The Labute approximate surface area is 133 Å². The molecule has 0 unspecified atom stereocenters. The molecule has 5 heteroatoms. The van der Waals surface area contributed by atoms with Crippen LogP contribution in [0.15, 0.2) is 59.5 Å². The number of carbonyl (C=O) groups excluding carboxylic acids is 1. The van der Waals surface area contributed by atoms with E-state index in [1.165, 1.54) is 0 Å². The van der Waals surface area contributed by atoms with Gasteiger partial charge >= 0.3 is 5.97 Å². The Hall–Kier alpha value is -2.33. The van der Waals surface area contributed by atoms with Crippen molar-refractivity contribution in [3.8, 4) is 0 Å². The highest BCUT2D eigenvalue weighted by molar-refractivity contribution is 6.30. The number of hydrogen-bond donors (Lipinski definition) is 1. The van der Waals surface area contributed by atoms with E-state index in [1.807, 2.05) is 12.1 Å². The summed E-state index contributed by atoms with van der Waals surface area (Å²) < 4.78 is 5.17. The quantitative estimate of drug-likeness (QED) is 0.658. The second-order valence-corrected chi connectivity index (χ2v) is 5.25. The van der Waals surface area contributed by atoms with Gasteiger partial charge in [0.1, 0.15) is 0 Å². The van der Waals surface area contributed by atoms with Crippen LogP contribution in [0.3, 0.4) is 0 Å². The molecule has 0 aliphatic rings. The molecule has 1 N–H and O–H groups in total. The molecule has 0 saturated heterocycles. The number of carbonyl (C=O) groups is 1. The number of halogens is 1. The largest absolute Gasteiger partial charge is 0.462 e. The van der Waals surface area contributed by atoms with Crippen molar-refractivity contribution in [1.29, 1.82) is 0 Å². The second kappa shape index (κ2) is 7.61. The minimum absolute atomic E-state index is 0.177. The van der Waals surface area contributed by atoms with Gasteiger partial charge in [0.2, 0.25) is 0 Å². The molecule has 1 aromatic heterocycles. The van der Waals surface area contributed by atoms with Crippen molar-refractivity contribution in [3.05, 3.63) is 81.3 Å². The second-order valence-electron chi connectivity index (χ2n) is 4.82. The molecule has 0 aliphatic heterocycles. The number of rotatable bonds is 6. The van der Waals surface area contributed by atoms with Gasteiger partial charge in [-0.05, 0) is 23.8 Å². The zero-order chi connectivity index (χ0) is 15.9. The number of benzene rings is 1. The Morgan fingerprint density at radius 1 is 1.23 bits per heavy atom. The van der Waals surface area contributed by atoms with Crippen molar-refractivity contribution >= 4 is 17.6 Å². The maximum atomic E-state index is 11.8. The van der Waals surface area contributed by atoms with Crippen LogP contribution in [0.4, 0.5) is 0 Å². The normalized spacial score (nSPS) is 10.2. The molecule has 114 valence electrons. The molecule has 0 bridgehead atoms. The Morgan fingerprint density at radius 2 is 1.95 bits per heavy atom. The SMILES string of the molecule is C=C(Cc1ccc[nH]c1=O)C(=O)OCCc1ccc(Cl)cc1. The molecular weight excluding hydrogens is 302 g/mol. The van der Waals surface area contributed by atoms with E-state index < -0.39 is 5.97 Å². The van der Waals surface area contributed by atoms with E-state index in [-0.39, 0.29) is 24.2 Å². The fourth-order valence-corrected chi connectivity index (χ4v) is 2.04. The lowest BCUT2D eigenvalue weighted by Crippen LogP contribution is -2.16. The maximum absolute atomic E-state index is 11.8. The van der Waals surface area contributed by atoms with Crippen LogP contribution in [0.1, 0.15) is 11.1 Å². The van der Waals surface area contributed by atoms with Gasteiger partial charge < -0.3 is 9.72 Å². The zero-order valence-corrected chi connectivity index (χ0v) is 12.7. The van der Waals surface area contributed by atoms with Crippen LogP contribution in [-0.2, 0) is 22.4 Å². The Morgan fingerprint density at radius 3 is 2.64 bits per heavy atom. The predicted molar refractivity (Wildman–Crippen MR) is 86.0 cm³/mol. The smallest absolute Gasteiger partial charge is 0.333 e. The van der Waals surface area contributed by atoms with E-state index >= 15 is 0 Å². The van der Waals surface area contributed by atoms with E-state index in [0.717, 1.165) is 5.56 Å². The maximum Gasteiger partial charge on any atom is 0.333 e. The van der Waals surface area contributed by atoms with Crippen LogP contribution in [0.5, 0.6) is 0 Å². The van der Waals surface area contributed by atoms with E-state index in [1.54, 1.807) is 30.5 Å². The number of H-pyrrole nitrogens is 1. The van der Waals surface area contributed by atoms with Crippen LogP contribution >= 0.6 is 11.6 Å². The molecule has 22 heavy (non-hydrogen) atoms. The summed E-state index contributed by atoms with van der Waals surface area (Å²) >= 11 is 5.80. The molecule has 2 rings (SSSR count). The molecule has 1 aromatic carbocycles. The summed E-state index contributed by atoms with van der Waals surface area (Å²) in [4.78, 5) is 25.9. The molecule has 4 nitrogen and oxygen atoms in total. The van der Waals surface area contributed by atoms with Gasteiger partial charge in [0.05, 0.1) is 6.61 Å². The van der Waals surface area contributed by atoms with Gasteiger partial charge in [-0.3, -0.25) is 4.79 Å². The van der Waals surface area contributed by atoms with Crippen LogP contribution in [0.25, 0.3) is 0 Å². The van der Waals surface area contributed by atoms with Gasteiger partial charge in [0.25, 0.3) is 5.56 Å². The number of aromatic amines is 1. The van der Waals surface area contributed by atoms with E-state index in [2.05, 4.69) is 11.6 Å². The molecular formula is C17H16ClNO3. The zero-order valence-electron chi connectivity index (χ0n) is 12.0. The van der Waals surface area contributed by atoms with Crippen molar-refractivity contribution in [2.24, 2.45) is 0 Å². The highest BCUT2D eigenvalue weighted by Gasteiger charge is 2.11. The third-order valence-electron chi connectivity index (χ3n) is 3.13. The fourth-order valence-electron chi connectivity index (χ4n) is 1.91. The standard InChI is InChI=1S/C17H16ClNO3/c1-12(11-14-3-2-9-19-16(14)20)17(21)22-10-8-13-4-6-15(18)7-5-13/h2-7,9H,1,8,10-11H2,(H,19,20). The first kappa shape index (κ1) is 16.0. The number of ether oxygens (including phenoxy) is 1. The van der Waals surface area contributed by atoms with Crippen LogP contribution in [0.2, 0.25) is 5.02 Å². The molecule has 1 heterocycles. The Kier molecular flexibility index (Phi) is 5.55. The summed E-state index contributed by atoms with van der Waals surface area (Å²) in [7, 11) is 0. The summed E-state index contributed by atoms with van der Waals surface area (Å²) in [6.45, 7) is 3.94. The summed E-state index contributed by atoms with van der Waals surface area (Å²) in [5.41, 5.74) is 1.55. The van der Waals surface area contributed by atoms with Gasteiger partial charge in [0, 0.05) is 35.2 Å². The first-order chi connectivity index (χ1) is 10.6. The number of esters is 1. The first-order valence-electron chi connectivity index (χ1n) is 6.82. The predicted octanol–water partition coefficient (Wildman–Crippen LogP) is 2.91. The summed E-state index contributed by atoms with van der Waals surface area (Å²) in [6.07, 6.45) is 2.32. The fraction of sp³-hybridized carbons (Fsp3) is 0.176. The van der Waals surface area contributed by atoms with E-state index in [0.29, 0.717) is 17.0 Å². The van der Waals surface area contributed by atoms with Crippen LogP contribution in [-0.4, -0.2) is 17.6 Å². The van der Waals surface area contributed by atoms with Crippen LogP contribution in [0, 0.1) is 0 Å². The van der Waals surface area contributed by atoms with Gasteiger partial charge in [-0.15, -0.1) is 0 Å². The van der Waals surface area contributed by atoms with E-state index in [4.69, 9.17) is 16.3 Å². The lowest BCUT2D eigenvalue weighted by Gasteiger charge is -2.07. The number of hydrogen-bond acceptors (Lipinski definition) is 3. The lowest BCUT2D eigenvalue weighted by atomic mass is 10.1. The topological polar surface area (TPSA) is 59.2 Å². The lowest BCUT2D eigenvalue weighted by molar-refractivity contribution is -0.139. The molecule has 0 saturated carbocycles. The molecule has 0 amide bonds. The Bertz CT molecular complexity index is 719. The van der Waals surface area contributed by atoms with Gasteiger partial charge in [0.15, 0.2) is 0 Å². The third-order valence-corrected chi connectivity index (χ3v) is 3.38. The number of nitrogens with one attached hydrogen (secondary N) is 1. The summed E-state index contributed by atoms with van der Waals surface area (Å²) in [5.74, 6) is -0.489. The summed E-state index contributed by atoms with van der Waals surface area (Å²) in [6, 6.07) is 10.7. The van der Waals surface area contributed by atoms with Crippen molar-refractivity contribution < 1.29 is 9.53 Å². The van der Waals surface area contributed by atoms with Gasteiger partial charge in [-0.2, -0.15) is 0 Å². The van der Waals surface area contributed by atoms with Crippen molar-refractivity contribution in [2.45, 2.75) is 12.8 Å². The number of aromatic nitrogens is 1.